The van der Waals surface area contributed by atoms with Crippen LogP contribution < -0.4 is 5.32 Å². The number of hydrogen-bond donors (Lipinski definition) is 1. The molecule has 1 aliphatic heterocycles. The standard InChI is InChI=1S/C17H26N2O2/c1-3-19(13-16-6-4-5-11-18-16)12-14-7-9-15(10-8-14)17(20)21-2/h7-10,16,18H,3-6,11-13H2,1-2H3. The first kappa shape index (κ1) is 16.0. The molecule has 1 atom stereocenters. The molecule has 1 aromatic rings. The fraction of sp³-hybridized carbons (Fsp3) is 0.588. The first-order chi connectivity index (χ1) is 10.2. The van der Waals surface area contributed by atoms with Gasteiger partial charge < -0.3 is 10.1 Å². The van der Waals surface area contributed by atoms with E-state index in [-0.39, 0.29) is 5.97 Å². The summed E-state index contributed by atoms with van der Waals surface area (Å²) in [5, 5.41) is 3.60. The molecule has 21 heavy (non-hydrogen) atoms. The summed E-state index contributed by atoms with van der Waals surface area (Å²) in [6.07, 6.45) is 3.92. The smallest absolute Gasteiger partial charge is 0.337 e. The molecule has 4 nitrogen and oxygen atoms in total. The molecule has 0 bridgehead atoms. The van der Waals surface area contributed by atoms with Gasteiger partial charge in [0, 0.05) is 19.1 Å². The van der Waals surface area contributed by atoms with Crippen LogP contribution in [-0.2, 0) is 11.3 Å². The first-order valence-corrected chi connectivity index (χ1v) is 7.86. The quantitative estimate of drug-likeness (QED) is 0.817. The van der Waals surface area contributed by atoms with E-state index in [1.165, 1.54) is 31.9 Å². The van der Waals surface area contributed by atoms with Crippen LogP contribution in [0.5, 0.6) is 0 Å². The zero-order valence-electron chi connectivity index (χ0n) is 13.1. The number of benzene rings is 1. The lowest BCUT2D eigenvalue weighted by Crippen LogP contribution is -2.43. The fourth-order valence-electron chi connectivity index (χ4n) is 2.82. The minimum absolute atomic E-state index is 0.277. The molecule has 1 unspecified atom stereocenters. The normalized spacial score (nSPS) is 18.7. The summed E-state index contributed by atoms with van der Waals surface area (Å²) < 4.78 is 4.72. The largest absolute Gasteiger partial charge is 0.465 e. The van der Waals surface area contributed by atoms with Gasteiger partial charge in [0.15, 0.2) is 0 Å². The first-order valence-electron chi connectivity index (χ1n) is 7.86. The van der Waals surface area contributed by atoms with E-state index in [1.807, 2.05) is 24.3 Å². The van der Waals surface area contributed by atoms with Crippen molar-refractivity contribution in [2.24, 2.45) is 0 Å². The van der Waals surface area contributed by atoms with E-state index >= 15 is 0 Å². The van der Waals surface area contributed by atoms with Gasteiger partial charge in [-0.05, 0) is 43.6 Å². The number of ether oxygens (including phenoxy) is 1. The Bertz CT molecular complexity index is 439. The van der Waals surface area contributed by atoms with Gasteiger partial charge in [-0.3, -0.25) is 4.90 Å². The average molecular weight is 290 g/mol. The van der Waals surface area contributed by atoms with Crippen molar-refractivity contribution in [1.29, 1.82) is 0 Å². The SMILES string of the molecule is CCN(Cc1ccc(C(=O)OC)cc1)CC1CCCCN1. The van der Waals surface area contributed by atoms with Crippen LogP contribution >= 0.6 is 0 Å². The maximum Gasteiger partial charge on any atom is 0.337 e. The minimum atomic E-state index is -0.277. The molecule has 1 aliphatic rings. The van der Waals surface area contributed by atoms with Gasteiger partial charge in [0.1, 0.15) is 0 Å². The summed E-state index contributed by atoms with van der Waals surface area (Å²) in [7, 11) is 1.41. The summed E-state index contributed by atoms with van der Waals surface area (Å²) in [5.74, 6) is -0.277. The molecule has 1 heterocycles. The third-order valence-electron chi connectivity index (χ3n) is 4.12. The molecule has 1 aromatic carbocycles. The molecule has 0 amide bonds. The number of rotatable bonds is 6. The van der Waals surface area contributed by atoms with E-state index in [0.717, 1.165) is 26.2 Å². The van der Waals surface area contributed by atoms with Crippen molar-refractivity contribution >= 4 is 5.97 Å². The minimum Gasteiger partial charge on any atom is -0.465 e. The summed E-state index contributed by atoms with van der Waals surface area (Å²) in [5.41, 5.74) is 1.85. The van der Waals surface area contributed by atoms with Crippen molar-refractivity contribution in [3.8, 4) is 0 Å². The average Bonchev–Trinajstić information content (AvgIpc) is 2.55. The highest BCUT2D eigenvalue weighted by Gasteiger charge is 2.16. The number of methoxy groups -OCH3 is 1. The lowest BCUT2D eigenvalue weighted by molar-refractivity contribution is 0.0600. The number of esters is 1. The van der Waals surface area contributed by atoms with E-state index in [4.69, 9.17) is 4.74 Å². The summed E-state index contributed by atoms with van der Waals surface area (Å²) in [4.78, 5) is 13.9. The van der Waals surface area contributed by atoms with Crippen molar-refractivity contribution in [3.05, 3.63) is 35.4 Å². The lowest BCUT2D eigenvalue weighted by atomic mass is 10.0. The van der Waals surface area contributed by atoms with Crippen LogP contribution in [0.15, 0.2) is 24.3 Å². The molecule has 116 valence electrons. The fourth-order valence-corrected chi connectivity index (χ4v) is 2.82. The summed E-state index contributed by atoms with van der Waals surface area (Å²) >= 11 is 0. The Hall–Kier alpha value is -1.39. The number of hydrogen-bond acceptors (Lipinski definition) is 4. The second kappa shape index (κ2) is 8.15. The van der Waals surface area contributed by atoms with Gasteiger partial charge in [-0.1, -0.05) is 25.5 Å². The predicted octanol–water partition coefficient (Wildman–Crippen LogP) is 2.44. The van der Waals surface area contributed by atoms with Crippen molar-refractivity contribution in [1.82, 2.24) is 10.2 Å². The van der Waals surface area contributed by atoms with E-state index in [2.05, 4.69) is 17.1 Å². The van der Waals surface area contributed by atoms with Crippen LogP contribution in [0.4, 0.5) is 0 Å². The van der Waals surface area contributed by atoms with Crippen molar-refractivity contribution < 1.29 is 9.53 Å². The van der Waals surface area contributed by atoms with Crippen LogP contribution in [0.2, 0.25) is 0 Å². The molecule has 0 aliphatic carbocycles. The topological polar surface area (TPSA) is 41.6 Å². The van der Waals surface area contributed by atoms with Crippen LogP contribution in [0.3, 0.4) is 0 Å². The van der Waals surface area contributed by atoms with E-state index in [9.17, 15) is 4.79 Å². The highest BCUT2D eigenvalue weighted by Crippen LogP contribution is 2.12. The molecule has 4 heteroatoms. The molecule has 0 radical (unpaired) electrons. The Morgan fingerprint density at radius 2 is 2.10 bits per heavy atom. The number of nitrogens with one attached hydrogen (secondary N) is 1. The van der Waals surface area contributed by atoms with Gasteiger partial charge >= 0.3 is 5.97 Å². The Morgan fingerprint density at radius 3 is 2.67 bits per heavy atom. The third-order valence-corrected chi connectivity index (χ3v) is 4.12. The van der Waals surface area contributed by atoms with Crippen LogP contribution in [0, 0.1) is 0 Å². The zero-order valence-corrected chi connectivity index (χ0v) is 13.1. The Kier molecular flexibility index (Phi) is 6.21. The summed E-state index contributed by atoms with van der Waals surface area (Å²) in [6.45, 7) is 6.41. The molecular weight excluding hydrogens is 264 g/mol. The zero-order chi connectivity index (χ0) is 15.1. The van der Waals surface area contributed by atoms with E-state index in [1.54, 1.807) is 0 Å². The molecule has 0 spiro atoms. The number of carbonyl (C=O) groups excluding carboxylic acids is 1. The van der Waals surface area contributed by atoms with E-state index in [0.29, 0.717) is 11.6 Å². The van der Waals surface area contributed by atoms with Gasteiger partial charge in [-0.25, -0.2) is 4.79 Å². The molecule has 1 N–H and O–H groups in total. The maximum absolute atomic E-state index is 11.4. The maximum atomic E-state index is 11.4. The van der Waals surface area contributed by atoms with Crippen LogP contribution in [-0.4, -0.2) is 43.7 Å². The van der Waals surface area contributed by atoms with Crippen molar-refractivity contribution in [3.63, 3.8) is 0 Å². The lowest BCUT2D eigenvalue weighted by Gasteiger charge is -2.30. The van der Waals surface area contributed by atoms with Gasteiger partial charge in [-0.15, -0.1) is 0 Å². The second-order valence-corrected chi connectivity index (χ2v) is 5.66. The van der Waals surface area contributed by atoms with Gasteiger partial charge in [0.25, 0.3) is 0 Å². The van der Waals surface area contributed by atoms with Crippen LogP contribution in [0.25, 0.3) is 0 Å². The predicted molar refractivity (Wildman–Crippen MR) is 84.4 cm³/mol. The van der Waals surface area contributed by atoms with Crippen molar-refractivity contribution in [2.45, 2.75) is 38.8 Å². The Labute approximate surface area is 127 Å². The van der Waals surface area contributed by atoms with Gasteiger partial charge in [0.05, 0.1) is 12.7 Å². The number of likely N-dealkylation sites (N-methyl/N-ethyl adjacent to an activating group) is 1. The third kappa shape index (κ3) is 4.83. The number of carbonyl (C=O) groups is 1. The molecule has 0 saturated carbocycles. The van der Waals surface area contributed by atoms with E-state index < -0.39 is 0 Å². The summed E-state index contributed by atoms with van der Waals surface area (Å²) in [6, 6.07) is 8.33. The second-order valence-electron chi connectivity index (χ2n) is 5.66. The molecule has 2 rings (SSSR count). The highest BCUT2D eigenvalue weighted by atomic mass is 16.5. The monoisotopic (exact) mass is 290 g/mol. The molecule has 1 fully saturated rings. The molecule has 0 aromatic heterocycles. The molecular formula is C17H26N2O2. The Balaban J connectivity index is 1.89. The van der Waals surface area contributed by atoms with Gasteiger partial charge in [0.2, 0.25) is 0 Å². The molecule has 1 saturated heterocycles. The number of piperidine rings is 1. The Morgan fingerprint density at radius 1 is 1.33 bits per heavy atom. The van der Waals surface area contributed by atoms with Gasteiger partial charge in [-0.2, -0.15) is 0 Å². The van der Waals surface area contributed by atoms with Crippen molar-refractivity contribution in [2.75, 3.05) is 26.7 Å². The number of nitrogens with zero attached hydrogens (tertiary/aromatic N) is 1. The highest BCUT2D eigenvalue weighted by molar-refractivity contribution is 5.89. The van der Waals surface area contributed by atoms with Crippen LogP contribution in [0.1, 0.15) is 42.1 Å².